The lowest BCUT2D eigenvalue weighted by Gasteiger charge is -2.14. The average molecular weight is 344 g/mol. The second-order valence-electron chi connectivity index (χ2n) is 3.16. The van der Waals surface area contributed by atoms with E-state index in [0.29, 0.717) is 0 Å². The third kappa shape index (κ3) is 5.05. The van der Waals surface area contributed by atoms with Gasteiger partial charge >= 0.3 is 6.36 Å². The van der Waals surface area contributed by atoms with Crippen LogP contribution >= 0.6 is 15.9 Å². The van der Waals surface area contributed by atoms with Crippen molar-refractivity contribution in [1.29, 1.82) is 0 Å². The van der Waals surface area contributed by atoms with Crippen molar-refractivity contribution in [2.45, 2.75) is 6.36 Å². The molecule has 5 nitrogen and oxygen atoms in total. The molecule has 0 aliphatic carbocycles. The number of halogens is 4. The van der Waals surface area contributed by atoms with Crippen molar-refractivity contribution in [3.05, 3.63) is 28.2 Å². The molecular formula is C10H9BrF3NO4. The van der Waals surface area contributed by atoms with E-state index < -0.39 is 18.0 Å². The van der Waals surface area contributed by atoms with Crippen LogP contribution in [-0.2, 0) is 4.84 Å². The second kappa shape index (κ2) is 6.73. The van der Waals surface area contributed by atoms with Crippen LogP contribution in [-0.4, -0.2) is 30.6 Å². The van der Waals surface area contributed by atoms with Crippen LogP contribution in [0.3, 0.4) is 0 Å². The van der Waals surface area contributed by atoms with Gasteiger partial charge in [-0.3, -0.25) is 9.63 Å². The molecule has 1 rings (SSSR count). The standard InChI is InChI=1S/C10H9BrF3NO4/c11-6-2-1-3-7(19-10(12,13)14)8(6)9(17)15-18-5-4-16/h1-3,16H,4-5H2,(H,15,17). The molecular weight excluding hydrogens is 335 g/mol. The first-order valence-corrected chi connectivity index (χ1v) is 5.71. The number of aliphatic hydroxyl groups excluding tert-OH is 1. The molecule has 0 bridgehead atoms. The third-order valence-electron chi connectivity index (χ3n) is 1.79. The number of amides is 1. The molecule has 1 aromatic carbocycles. The summed E-state index contributed by atoms with van der Waals surface area (Å²) in [5.74, 6) is -1.59. The zero-order valence-corrected chi connectivity index (χ0v) is 10.9. The Morgan fingerprint density at radius 1 is 1.42 bits per heavy atom. The molecule has 0 aliphatic heterocycles. The monoisotopic (exact) mass is 343 g/mol. The first-order valence-electron chi connectivity index (χ1n) is 4.92. The summed E-state index contributed by atoms with van der Waals surface area (Å²) in [5.41, 5.74) is 1.53. The molecule has 9 heteroatoms. The molecule has 0 aromatic heterocycles. The molecule has 1 aromatic rings. The predicted octanol–water partition coefficient (Wildman–Crippen LogP) is 2.00. The highest BCUT2D eigenvalue weighted by molar-refractivity contribution is 9.10. The van der Waals surface area contributed by atoms with Gasteiger partial charge in [-0.1, -0.05) is 6.07 Å². The number of hydrogen-bond donors (Lipinski definition) is 2. The summed E-state index contributed by atoms with van der Waals surface area (Å²) < 4.78 is 40.4. The minimum absolute atomic E-state index is 0.111. The fourth-order valence-corrected chi connectivity index (χ4v) is 1.68. The maximum Gasteiger partial charge on any atom is 0.573 e. The minimum atomic E-state index is -4.91. The summed E-state index contributed by atoms with van der Waals surface area (Å²) in [6.07, 6.45) is -4.91. The normalized spacial score (nSPS) is 11.2. The van der Waals surface area contributed by atoms with Gasteiger partial charge in [0.25, 0.3) is 5.91 Å². The third-order valence-corrected chi connectivity index (χ3v) is 2.45. The second-order valence-corrected chi connectivity index (χ2v) is 4.02. The first kappa shape index (κ1) is 15.7. The zero-order chi connectivity index (χ0) is 14.5. The number of carbonyl (C=O) groups excluding carboxylic acids is 1. The number of nitrogens with one attached hydrogen (secondary N) is 1. The van der Waals surface area contributed by atoms with Gasteiger partial charge in [-0.15, -0.1) is 13.2 Å². The molecule has 1 amide bonds. The fourth-order valence-electron chi connectivity index (χ4n) is 1.15. The Hall–Kier alpha value is -1.32. The molecule has 0 atom stereocenters. The Balaban J connectivity index is 2.94. The van der Waals surface area contributed by atoms with E-state index in [4.69, 9.17) is 5.11 Å². The van der Waals surface area contributed by atoms with Crippen molar-refractivity contribution in [2.24, 2.45) is 0 Å². The molecule has 0 heterocycles. The maximum atomic E-state index is 12.2. The van der Waals surface area contributed by atoms with Crippen LogP contribution in [0, 0.1) is 0 Å². The van der Waals surface area contributed by atoms with E-state index in [0.717, 1.165) is 6.07 Å². The highest BCUT2D eigenvalue weighted by atomic mass is 79.9. The fraction of sp³-hybridized carbons (Fsp3) is 0.300. The SMILES string of the molecule is O=C(NOCCO)c1c(Br)cccc1OC(F)(F)F. The highest BCUT2D eigenvalue weighted by Gasteiger charge is 2.33. The van der Waals surface area contributed by atoms with E-state index in [-0.39, 0.29) is 23.2 Å². The molecule has 0 spiro atoms. The van der Waals surface area contributed by atoms with Crippen molar-refractivity contribution < 1.29 is 32.6 Å². The summed E-state index contributed by atoms with van der Waals surface area (Å²) in [4.78, 5) is 16.2. The van der Waals surface area contributed by atoms with Gasteiger partial charge < -0.3 is 9.84 Å². The topological polar surface area (TPSA) is 67.8 Å². The summed E-state index contributed by atoms with van der Waals surface area (Å²) in [5, 5.41) is 8.45. The van der Waals surface area contributed by atoms with Gasteiger partial charge in [0.15, 0.2) is 0 Å². The largest absolute Gasteiger partial charge is 0.573 e. The Kier molecular flexibility index (Phi) is 5.58. The van der Waals surface area contributed by atoms with E-state index >= 15 is 0 Å². The molecule has 106 valence electrons. The zero-order valence-electron chi connectivity index (χ0n) is 9.33. The Morgan fingerprint density at radius 3 is 2.68 bits per heavy atom. The Morgan fingerprint density at radius 2 is 2.11 bits per heavy atom. The summed E-state index contributed by atoms with van der Waals surface area (Å²) in [7, 11) is 0. The van der Waals surface area contributed by atoms with Crippen LogP contribution in [0.15, 0.2) is 22.7 Å². The van der Waals surface area contributed by atoms with Crippen LogP contribution in [0.4, 0.5) is 13.2 Å². The van der Waals surface area contributed by atoms with Crippen LogP contribution < -0.4 is 10.2 Å². The summed E-state index contributed by atoms with van der Waals surface area (Å²) >= 11 is 2.95. The van der Waals surface area contributed by atoms with Crippen LogP contribution in [0.1, 0.15) is 10.4 Å². The lowest BCUT2D eigenvalue weighted by Crippen LogP contribution is -2.27. The molecule has 0 saturated carbocycles. The van der Waals surface area contributed by atoms with Gasteiger partial charge in [-0.05, 0) is 28.1 Å². The number of alkyl halides is 3. The van der Waals surface area contributed by atoms with Gasteiger partial charge in [0, 0.05) is 4.47 Å². The van der Waals surface area contributed by atoms with E-state index in [2.05, 4.69) is 25.5 Å². The maximum absolute atomic E-state index is 12.2. The molecule has 0 fully saturated rings. The van der Waals surface area contributed by atoms with E-state index in [1.165, 1.54) is 12.1 Å². The quantitative estimate of drug-likeness (QED) is 0.633. The molecule has 0 saturated heterocycles. The van der Waals surface area contributed by atoms with Crippen molar-refractivity contribution in [1.82, 2.24) is 5.48 Å². The minimum Gasteiger partial charge on any atom is -0.405 e. The number of benzene rings is 1. The highest BCUT2D eigenvalue weighted by Crippen LogP contribution is 2.31. The smallest absolute Gasteiger partial charge is 0.405 e. The lowest BCUT2D eigenvalue weighted by atomic mass is 10.2. The molecule has 0 unspecified atom stereocenters. The first-order chi connectivity index (χ1) is 8.85. The molecule has 19 heavy (non-hydrogen) atoms. The van der Waals surface area contributed by atoms with Gasteiger partial charge in [-0.25, -0.2) is 5.48 Å². The van der Waals surface area contributed by atoms with E-state index in [1.807, 2.05) is 5.48 Å². The Bertz CT molecular complexity index is 453. The number of hydrogen-bond acceptors (Lipinski definition) is 4. The van der Waals surface area contributed by atoms with Gasteiger partial charge in [-0.2, -0.15) is 0 Å². The van der Waals surface area contributed by atoms with Crippen molar-refractivity contribution in [3.8, 4) is 5.75 Å². The van der Waals surface area contributed by atoms with Crippen molar-refractivity contribution in [3.63, 3.8) is 0 Å². The number of rotatable bonds is 5. The van der Waals surface area contributed by atoms with Crippen molar-refractivity contribution in [2.75, 3.05) is 13.2 Å². The average Bonchev–Trinajstić information content (AvgIpc) is 2.27. The summed E-state index contributed by atoms with van der Waals surface area (Å²) in [6, 6.07) is 3.67. The van der Waals surface area contributed by atoms with E-state index in [1.54, 1.807) is 0 Å². The number of aliphatic hydroxyl groups is 1. The van der Waals surface area contributed by atoms with Crippen LogP contribution in [0.25, 0.3) is 0 Å². The summed E-state index contributed by atoms with van der Waals surface area (Å²) in [6.45, 7) is -0.534. The molecule has 0 aliphatic rings. The number of carbonyl (C=O) groups is 1. The number of ether oxygens (including phenoxy) is 1. The predicted molar refractivity (Wildman–Crippen MR) is 61.3 cm³/mol. The van der Waals surface area contributed by atoms with Crippen LogP contribution in [0.2, 0.25) is 0 Å². The van der Waals surface area contributed by atoms with Crippen LogP contribution in [0.5, 0.6) is 5.75 Å². The van der Waals surface area contributed by atoms with Gasteiger partial charge in [0.2, 0.25) is 0 Å². The van der Waals surface area contributed by atoms with E-state index in [9.17, 15) is 18.0 Å². The van der Waals surface area contributed by atoms with Gasteiger partial charge in [0.05, 0.1) is 18.8 Å². The van der Waals surface area contributed by atoms with Gasteiger partial charge in [0.1, 0.15) is 5.75 Å². The molecule has 0 radical (unpaired) electrons. The number of hydroxylamine groups is 1. The van der Waals surface area contributed by atoms with Crippen molar-refractivity contribution >= 4 is 21.8 Å². The molecule has 2 N–H and O–H groups in total. The Labute approximate surface area is 114 Å². The lowest BCUT2D eigenvalue weighted by molar-refractivity contribution is -0.274.